The minimum absolute atomic E-state index is 0.0642. The largest absolute Gasteiger partial charge is 0.496 e. The van der Waals surface area contributed by atoms with Crippen molar-refractivity contribution in [2.75, 3.05) is 13.9 Å². The Morgan fingerprint density at radius 2 is 2.00 bits per heavy atom. The van der Waals surface area contributed by atoms with Gasteiger partial charge >= 0.3 is 0 Å². The fraction of sp³-hybridized carbons (Fsp3) is 0.231. The fourth-order valence-electron chi connectivity index (χ4n) is 4.20. The van der Waals surface area contributed by atoms with Crippen LogP contribution in [0, 0.1) is 6.92 Å². The predicted molar refractivity (Wildman–Crippen MR) is 124 cm³/mol. The highest BCUT2D eigenvalue weighted by Crippen LogP contribution is 2.35. The first-order valence-electron chi connectivity index (χ1n) is 10.8. The van der Waals surface area contributed by atoms with E-state index in [4.69, 9.17) is 14.2 Å². The molecule has 5 rings (SSSR count). The smallest absolute Gasteiger partial charge is 0.231 e. The summed E-state index contributed by atoms with van der Waals surface area (Å²) in [6, 6.07) is 17.6. The molecule has 2 aromatic heterocycles. The van der Waals surface area contributed by atoms with Crippen molar-refractivity contribution in [2.24, 2.45) is 0 Å². The summed E-state index contributed by atoms with van der Waals surface area (Å²) in [5.74, 6) is 1.88. The summed E-state index contributed by atoms with van der Waals surface area (Å²) >= 11 is 0. The maximum atomic E-state index is 13.1. The molecule has 4 aromatic rings. The molecule has 0 aliphatic carbocycles. The number of nitrogens with one attached hydrogen (secondary N) is 1. The average Bonchev–Trinajstić information content (AvgIpc) is 3.47. The monoisotopic (exact) mass is 443 g/mol. The summed E-state index contributed by atoms with van der Waals surface area (Å²) in [4.78, 5) is 17.7. The third-order valence-corrected chi connectivity index (χ3v) is 5.88. The van der Waals surface area contributed by atoms with E-state index in [0.717, 1.165) is 39.5 Å². The Balaban J connectivity index is 1.41. The number of benzene rings is 2. The molecule has 1 aliphatic heterocycles. The van der Waals surface area contributed by atoms with E-state index in [0.29, 0.717) is 12.3 Å². The van der Waals surface area contributed by atoms with E-state index in [1.54, 1.807) is 7.11 Å². The van der Waals surface area contributed by atoms with Crippen LogP contribution in [0.5, 0.6) is 17.2 Å². The number of para-hydroxylation sites is 1. The molecular weight excluding hydrogens is 418 g/mol. The number of methoxy groups -OCH3 is 1. The molecule has 0 radical (unpaired) electrons. The van der Waals surface area contributed by atoms with Gasteiger partial charge in [0.25, 0.3) is 0 Å². The summed E-state index contributed by atoms with van der Waals surface area (Å²) in [6.45, 7) is 2.67. The molecule has 0 bridgehead atoms. The van der Waals surface area contributed by atoms with Crippen LogP contribution in [0.4, 0.5) is 0 Å². The van der Waals surface area contributed by atoms with Crippen LogP contribution in [0.3, 0.4) is 0 Å². The van der Waals surface area contributed by atoms with Crippen LogP contribution >= 0.6 is 0 Å². The minimum atomic E-state index is -0.226. The van der Waals surface area contributed by atoms with Crippen molar-refractivity contribution in [2.45, 2.75) is 25.8 Å². The van der Waals surface area contributed by atoms with Gasteiger partial charge in [0.15, 0.2) is 11.5 Å². The number of hydrogen-bond donors (Lipinski definition) is 1. The zero-order valence-electron chi connectivity index (χ0n) is 18.6. The Morgan fingerprint density at radius 1 is 1.15 bits per heavy atom. The quantitative estimate of drug-likeness (QED) is 0.463. The lowest BCUT2D eigenvalue weighted by atomic mass is 9.91. The number of hydrogen-bond acceptors (Lipinski definition) is 5. The second-order valence-electron chi connectivity index (χ2n) is 8.08. The minimum Gasteiger partial charge on any atom is -0.496 e. The van der Waals surface area contributed by atoms with Crippen LogP contribution in [-0.2, 0) is 11.3 Å². The average molecular weight is 444 g/mol. The maximum Gasteiger partial charge on any atom is 0.231 e. The van der Waals surface area contributed by atoms with E-state index in [2.05, 4.69) is 10.3 Å². The number of fused-ring (bicyclic) bond motifs is 2. The fourth-order valence-corrected chi connectivity index (χ4v) is 4.20. The number of aromatic nitrogens is 2. The molecule has 1 unspecified atom stereocenters. The first-order valence-corrected chi connectivity index (χ1v) is 10.8. The third kappa shape index (κ3) is 4.22. The van der Waals surface area contributed by atoms with Crippen LogP contribution in [0.1, 0.15) is 34.7 Å². The van der Waals surface area contributed by atoms with Gasteiger partial charge in [-0.15, -0.1) is 0 Å². The van der Waals surface area contributed by atoms with Crippen molar-refractivity contribution in [3.05, 3.63) is 89.4 Å². The molecule has 33 heavy (non-hydrogen) atoms. The van der Waals surface area contributed by atoms with E-state index in [-0.39, 0.29) is 25.0 Å². The molecule has 1 amide bonds. The number of imidazole rings is 1. The number of carbonyl (C=O) groups excluding carboxylic acids is 1. The van der Waals surface area contributed by atoms with Crippen molar-refractivity contribution < 1.29 is 19.0 Å². The zero-order chi connectivity index (χ0) is 22.8. The van der Waals surface area contributed by atoms with Gasteiger partial charge in [-0.05, 0) is 48.4 Å². The van der Waals surface area contributed by atoms with E-state index >= 15 is 0 Å². The molecule has 168 valence electrons. The standard InChI is InChI=1S/C26H25N3O4/c1-17-9-10-29-21(15-27-25(29)11-17)20(19-5-3-4-6-22(19)31-2)13-26(30)28-14-18-7-8-23-24(12-18)33-16-32-23/h3-12,15,20H,13-14,16H2,1-2H3,(H,28,30). The Kier molecular flexibility index (Phi) is 5.60. The van der Waals surface area contributed by atoms with Gasteiger partial charge in [-0.1, -0.05) is 24.3 Å². The Labute approximate surface area is 191 Å². The van der Waals surface area contributed by atoms with Crippen molar-refractivity contribution >= 4 is 11.6 Å². The van der Waals surface area contributed by atoms with Gasteiger partial charge in [-0.2, -0.15) is 0 Å². The highest BCUT2D eigenvalue weighted by molar-refractivity contribution is 5.77. The molecule has 0 saturated heterocycles. The number of carbonyl (C=O) groups is 1. The molecule has 7 heteroatoms. The third-order valence-electron chi connectivity index (χ3n) is 5.88. The Morgan fingerprint density at radius 3 is 2.88 bits per heavy atom. The molecule has 2 aromatic carbocycles. The lowest BCUT2D eigenvalue weighted by molar-refractivity contribution is -0.121. The molecule has 7 nitrogen and oxygen atoms in total. The molecule has 3 heterocycles. The molecule has 1 atom stereocenters. The number of rotatable bonds is 7. The predicted octanol–water partition coefficient (Wildman–Crippen LogP) is 4.22. The van der Waals surface area contributed by atoms with Crippen molar-refractivity contribution in [1.82, 2.24) is 14.7 Å². The van der Waals surface area contributed by atoms with Crippen molar-refractivity contribution in [3.63, 3.8) is 0 Å². The zero-order valence-corrected chi connectivity index (χ0v) is 18.6. The summed E-state index contributed by atoms with van der Waals surface area (Å²) in [6.07, 6.45) is 4.10. The lowest BCUT2D eigenvalue weighted by Crippen LogP contribution is -2.25. The van der Waals surface area contributed by atoms with Gasteiger partial charge in [0, 0.05) is 36.8 Å². The van der Waals surface area contributed by atoms with Crippen LogP contribution in [0.2, 0.25) is 0 Å². The number of aryl methyl sites for hydroxylation is 1. The number of pyridine rings is 1. The molecule has 1 aliphatic rings. The molecule has 1 N–H and O–H groups in total. The first-order chi connectivity index (χ1) is 16.1. The normalized spacial score (nSPS) is 13.2. The number of amides is 1. The van der Waals surface area contributed by atoms with E-state index in [1.165, 1.54) is 0 Å². The Hall–Kier alpha value is -4.00. The molecular formula is C26H25N3O4. The van der Waals surface area contributed by atoms with E-state index < -0.39 is 0 Å². The molecule has 0 fully saturated rings. The van der Waals surface area contributed by atoms with Crippen LogP contribution in [0.15, 0.2) is 67.0 Å². The van der Waals surface area contributed by atoms with E-state index in [9.17, 15) is 4.79 Å². The van der Waals surface area contributed by atoms with Crippen LogP contribution < -0.4 is 19.5 Å². The highest BCUT2D eigenvalue weighted by atomic mass is 16.7. The van der Waals surface area contributed by atoms with Crippen molar-refractivity contribution in [3.8, 4) is 17.2 Å². The second-order valence-corrected chi connectivity index (χ2v) is 8.08. The number of ether oxygens (including phenoxy) is 3. The molecule has 0 spiro atoms. The van der Waals surface area contributed by atoms with Gasteiger partial charge in [0.05, 0.1) is 12.8 Å². The topological polar surface area (TPSA) is 74.1 Å². The highest BCUT2D eigenvalue weighted by Gasteiger charge is 2.25. The number of nitrogens with zero attached hydrogens (tertiary/aromatic N) is 2. The first kappa shape index (κ1) is 20.9. The summed E-state index contributed by atoms with van der Waals surface area (Å²) < 4.78 is 18.4. The maximum absolute atomic E-state index is 13.1. The Bertz CT molecular complexity index is 1310. The SMILES string of the molecule is COc1ccccc1C(CC(=O)NCc1ccc2c(c1)OCO2)c1cnc2cc(C)ccn12. The van der Waals surface area contributed by atoms with E-state index in [1.807, 2.05) is 78.3 Å². The summed E-state index contributed by atoms with van der Waals surface area (Å²) in [7, 11) is 1.65. The van der Waals surface area contributed by atoms with Crippen LogP contribution in [-0.4, -0.2) is 29.2 Å². The molecule has 0 saturated carbocycles. The second kappa shape index (κ2) is 8.86. The van der Waals surface area contributed by atoms with Gasteiger partial charge < -0.3 is 23.9 Å². The van der Waals surface area contributed by atoms with Gasteiger partial charge in [-0.25, -0.2) is 4.98 Å². The van der Waals surface area contributed by atoms with Crippen LogP contribution in [0.25, 0.3) is 5.65 Å². The van der Waals surface area contributed by atoms with Gasteiger partial charge in [-0.3, -0.25) is 4.79 Å². The summed E-state index contributed by atoms with van der Waals surface area (Å²) in [5.41, 5.74) is 4.82. The van der Waals surface area contributed by atoms with Crippen molar-refractivity contribution in [1.29, 1.82) is 0 Å². The summed E-state index contributed by atoms with van der Waals surface area (Å²) in [5, 5.41) is 3.04. The lowest BCUT2D eigenvalue weighted by Gasteiger charge is -2.20. The van der Waals surface area contributed by atoms with Gasteiger partial charge in [0.1, 0.15) is 11.4 Å². The van der Waals surface area contributed by atoms with Gasteiger partial charge in [0.2, 0.25) is 12.7 Å².